The summed E-state index contributed by atoms with van der Waals surface area (Å²) in [6.07, 6.45) is 46.2. The molecule has 0 aromatic carbocycles. The maximum Gasteiger partial charge on any atom is 0.330 e. The molecule has 44 heavy (non-hydrogen) atoms. The number of unbranched alkanes of at least 4 members (excludes halogenated alkanes) is 9. The highest BCUT2D eigenvalue weighted by molar-refractivity contribution is 5.82. The van der Waals surface area contributed by atoms with Crippen LogP contribution < -0.4 is 0 Å². The molecule has 0 radical (unpaired) electrons. The van der Waals surface area contributed by atoms with E-state index in [0.717, 1.165) is 24.2 Å². The third kappa shape index (κ3) is 33.1. The summed E-state index contributed by atoms with van der Waals surface area (Å²) in [5.74, 6) is 2.89. The second-order valence-corrected chi connectivity index (χ2v) is 14.0. The molecule has 254 valence electrons. The van der Waals surface area contributed by atoms with Gasteiger partial charge in [-0.2, -0.15) is 0 Å². The van der Waals surface area contributed by atoms with E-state index in [0.29, 0.717) is 12.5 Å². The average molecular weight is 611 g/mol. The van der Waals surface area contributed by atoms with E-state index in [-0.39, 0.29) is 5.97 Å². The van der Waals surface area contributed by atoms with Crippen molar-refractivity contribution in [1.82, 2.24) is 0 Å². The lowest BCUT2D eigenvalue weighted by molar-refractivity contribution is -0.138. The van der Waals surface area contributed by atoms with E-state index in [9.17, 15) is 4.79 Å². The number of carbonyl (C=O) groups is 1. The summed E-state index contributed by atoms with van der Waals surface area (Å²) in [5.41, 5.74) is 0. The van der Waals surface area contributed by atoms with Gasteiger partial charge in [0, 0.05) is 6.08 Å². The summed E-state index contributed by atoms with van der Waals surface area (Å²) >= 11 is 0. The first-order valence-electron chi connectivity index (χ1n) is 18.8. The number of rotatable bonds is 30. The van der Waals surface area contributed by atoms with Crippen molar-refractivity contribution in [1.29, 1.82) is 0 Å². The van der Waals surface area contributed by atoms with E-state index in [4.69, 9.17) is 4.74 Å². The fourth-order valence-corrected chi connectivity index (χ4v) is 5.61. The van der Waals surface area contributed by atoms with Crippen molar-refractivity contribution in [3.8, 4) is 0 Å². The fourth-order valence-electron chi connectivity index (χ4n) is 5.61. The number of carbonyl (C=O) groups excluding carboxylic acids is 1. The van der Waals surface area contributed by atoms with E-state index in [2.05, 4.69) is 59.8 Å². The van der Waals surface area contributed by atoms with Gasteiger partial charge in [0.25, 0.3) is 0 Å². The molecule has 0 aromatic heterocycles. The predicted octanol–water partition coefficient (Wildman–Crippen LogP) is 13.7. The van der Waals surface area contributed by atoms with E-state index in [1.54, 1.807) is 6.08 Å². The Hall–Kier alpha value is -1.83. The molecule has 0 aliphatic rings. The second kappa shape index (κ2) is 32.6. The molecule has 3 unspecified atom stereocenters. The predicted molar refractivity (Wildman–Crippen MR) is 197 cm³/mol. The SMILES string of the molecule is CCCCCCCCCCC/C=C/C=C/C=C/C=C/C=C/C(=O)OCCC(C)CCCC(C)CCCC(C)CCCC(C)C. The van der Waals surface area contributed by atoms with Gasteiger partial charge in [0.2, 0.25) is 0 Å². The summed E-state index contributed by atoms with van der Waals surface area (Å²) in [6.45, 7) is 14.6. The third-order valence-electron chi connectivity index (χ3n) is 8.74. The highest BCUT2D eigenvalue weighted by Gasteiger charge is 2.09. The van der Waals surface area contributed by atoms with Crippen molar-refractivity contribution in [2.24, 2.45) is 23.7 Å². The minimum Gasteiger partial charge on any atom is -0.463 e. The zero-order valence-corrected chi connectivity index (χ0v) is 30.2. The van der Waals surface area contributed by atoms with Crippen molar-refractivity contribution in [2.75, 3.05) is 6.61 Å². The lowest BCUT2D eigenvalue weighted by Gasteiger charge is -2.16. The molecule has 0 bridgehead atoms. The molecular formula is C42H74O2. The summed E-state index contributed by atoms with van der Waals surface area (Å²) in [5, 5.41) is 0. The molecule has 0 saturated carbocycles. The molecule has 0 saturated heterocycles. The number of ether oxygens (including phenoxy) is 1. The van der Waals surface area contributed by atoms with Crippen LogP contribution >= 0.6 is 0 Å². The zero-order chi connectivity index (χ0) is 32.5. The molecule has 2 heteroatoms. The first-order valence-corrected chi connectivity index (χ1v) is 18.8. The van der Waals surface area contributed by atoms with Gasteiger partial charge in [-0.1, -0.05) is 205 Å². The van der Waals surface area contributed by atoms with Crippen molar-refractivity contribution in [3.63, 3.8) is 0 Å². The number of hydrogen-bond donors (Lipinski definition) is 0. The van der Waals surface area contributed by atoms with Gasteiger partial charge >= 0.3 is 5.97 Å². The Morgan fingerprint density at radius 3 is 1.45 bits per heavy atom. The maximum atomic E-state index is 12.0. The van der Waals surface area contributed by atoms with Crippen molar-refractivity contribution in [2.45, 2.75) is 170 Å². The first kappa shape index (κ1) is 42.2. The summed E-state index contributed by atoms with van der Waals surface area (Å²) in [6, 6.07) is 0. The van der Waals surface area contributed by atoms with Crippen molar-refractivity contribution < 1.29 is 9.53 Å². The molecule has 0 aromatic rings. The van der Waals surface area contributed by atoms with E-state index in [1.165, 1.54) is 128 Å². The highest BCUT2D eigenvalue weighted by Crippen LogP contribution is 2.22. The molecule has 2 nitrogen and oxygen atoms in total. The largest absolute Gasteiger partial charge is 0.463 e. The minimum atomic E-state index is -0.255. The Bertz CT molecular complexity index is 769. The monoisotopic (exact) mass is 611 g/mol. The lowest BCUT2D eigenvalue weighted by Crippen LogP contribution is -2.07. The minimum absolute atomic E-state index is 0.255. The summed E-state index contributed by atoms with van der Waals surface area (Å²) < 4.78 is 5.40. The van der Waals surface area contributed by atoms with Gasteiger partial charge in [-0.25, -0.2) is 4.79 Å². The molecule has 3 atom stereocenters. The lowest BCUT2D eigenvalue weighted by atomic mass is 9.91. The fraction of sp³-hybridized carbons (Fsp3) is 0.738. The van der Waals surface area contributed by atoms with Crippen molar-refractivity contribution in [3.05, 3.63) is 60.8 Å². The molecule has 0 amide bonds. The Morgan fingerprint density at radius 2 is 0.932 bits per heavy atom. The standard InChI is InChI=1S/C42H74O2/c1-7-8-9-10-11-12-13-14-15-16-17-18-19-20-21-22-23-24-25-35-42(43)44-37-36-41(6)34-28-33-40(5)32-27-31-39(4)30-26-29-38(2)3/h17-25,35,38-41H,7-16,26-34,36-37H2,1-6H3/b18-17+,20-19+,22-21+,24-23+,35-25+. The van der Waals surface area contributed by atoms with Gasteiger partial charge in [-0.05, 0) is 42.9 Å². The van der Waals surface area contributed by atoms with Crippen molar-refractivity contribution >= 4 is 5.97 Å². The quantitative estimate of drug-likeness (QED) is 0.0350. The van der Waals surface area contributed by atoms with Gasteiger partial charge in [-0.3, -0.25) is 0 Å². The number of hydrogen-bond acceptors (Lipinski definition) is 2. The van der Waals surface area contributed by atoms with Crippen LogP contribution in [0.15, 0.2) is 60.8 Å². The molecular weight excluding hydrogens is 536 g/mol. The Kier molecular flexibility index (Phi) is 31.2. The van der Waals surface area contributed by atoms with E-state index < -0.39 is 0 Å². The molecule has 0 rings (SSSR count). The Balaban J connectivity index is 3.73. The Labute approximate surface area is 276 Å². The van der Waals surface area contributed by atoms with Crippen LogP contribution in [0.5, 0.6) is 0 Å². The van der Waals surface area contributed by atoms with E-state index >= 15 is 0 Å². The van der Waals surface area contributed by atoms with Gasteiger partial charge in [0.15, 0.2) is 0 Å². The van der Waals surface area contributed by atoms with Crippen LogP contribution in [0.2, 0.25) is 0 Å². The van der Waals surface area contributed by atoms with Gasteiger partial charge in [-0.15, -0.1) is 0 Å². The van der Waals surface area contributed by atoms with Crippen LogP contribution in [0.1, 0.15) is 170 Å². The first-order chi connectivity index (χ1) is 21.3. The summed E-state index contributed by atoms with van der Waals surface area (Å²) in [4.78, 5) is 12.0. The highest BCUT2D eigenvalue weighted by atomic mass is 16.5. The van der Waals surface area contributed by atoms with Crippen LogP contribution in [0.4, 0.5) is 0 Å². The Morgan fingerprint density at radius 1 is 0.500 bits per heavy atom. The van der Waals surface area contributed by atoms with E-state index in [1.807, 2.05) is 30.4 Å². The van der Waals surface area contributed by atoms with Gasteiger partial charge < -0.3 is 4.74 Å². The van der Waals surface area contributed by atoms with Crippen LogP contribution in [-0.4, -0.2) is 12.6 Å². The van der Waals surface area contributed by atoms with Crippen LogP contribution in [0, 0.1) is 23.7 Å². The second-order valence-electron chi connectivity index (χ2n) is 14.0. The van der Waals surface area contributed by atoms with Gasteiger partial charge in [0.05, 0.1) is 6.61 Å². The maximum absolute atomic E-state index is 12.0. The molecule has 0 fully saturated rings. The van der Waals surface area contributed by atoms with Crippen LogP contribution in [0.3, 0.4) is 0 Å². The molecule has 0 aliphatic heterocycles. The molecule has 0 aliphatic carbocycles. The molecule has 0 N–H and O–H groups in total. The molecule has 0 heterocycles. The number of allylic oxidation sites excluding steroid dienone is 9. The zero-order valence-electron chi connectivity index (χ0n) is 30.2. The van der Waals surface area contributed by atoms with Gasteiger partial charge in [0.1, 0.15) is 0 Å². The summed E-state index contributed by atoms with van der Waals surface area (Å²) in [7, 11) is 0. The number of esters is 1. The van der Waals surface area contributed by atoms with Crippen LogP contribution in [-0.2, 0) is 9.53 Å². The average Bonchev–Trinajstić information content (AvgIpc) is 2.98. The topological polar surface area (TPSA) is 26.3 Å². The smallest absolute Gasteiger partial charge is 0.330 e. The molecule has 0 spiro atoms. The normalized spacial score (nSPS) is 14.7. The third-order valence-corrected chi connectivity index (χ3v) is 8.74. The van der Waals surface area contributed by atoms with Crippen LogP contribution in [0.25, 0.3) is 0 Å².